The van der Waals surface area contributed by atoms with Gasteiger partial charge in [-0.3, -0.25) is 4.57 Å². The van der Waals surface area contributed by atoms with Crippen LogP contribution in [0.2, 0.25) is 0 Å². The summed E-state index contributed by atoms with van der Waals surface area (Å²) in [6.45, 7) is 0. The molecule has 86 valence electrons. The smallest absolute Gasteiger partial charge is 0.121 e. The van der Waals surface area contributed by atoms with Gasteiger partial charge in [-0.2, -0.15) is 0 Å². The Morgan fingerprint density at radius 1 is 1.00 bits per heavy atom. The Morgan fingerprint density at radius 3 is 2.72 bits per heavy atom. The number of rotatable bonds is 0. The molecule has 0 spiro atoms. The molecule has 18 heavy (non-hydrogen) atoms. The summed E-state index contributed by atoms with van der Waals surface area (Å²) < 4.78 is 2.97. The lowest BCUT2D eigenvalue weighted by Gasteiger charge is -2.07. The maximum absolute atomic E-state index is 5.62. The first-order chi connectivity index (χ1) is 8.84. The summed E-state index contributed by atoms with van der Waals surface area (Å²) in [4.78, 5) is 4.73. The number of para-hydroxylation sites is 2. The molecule has 3 aromatic rings. The van der Waals surface area contributed by atoms with Gasteiger partial charge in [0.1, 0.15) is 10.5 Å². The maximum Gasteiger partial charge on any atom is 0.121 e. The van der Waals surface area contributed by atoms with E-state index in [2.05, 4.69) is 22.8 Å². The lowest BCUT2D eigenvalue weighted by atomic mass is 10.1. The van der Waals surface area contributed by atoms with Crippen LogP contribution in [0.1, 0.15) is 11.4 Å². The Bertz CT molecular complexity index is 833. The number of benzene rings is 2. The minimum Gasteiger partial charge on any atom is -0.288 e. The third-order valence-corrected chi connectivity index (χ3v) is 3.83. The Labute approximate surface area is 110 Å². The van der Waals surface area contributed by atoms with E-state index in [0.717, 1.165) is 27.8 Å². The minimum absolute atomic E-state index is 0.862. The van der Waals surface area contributed by atoms with Crippen LogP contribution in [0.4, 0.5) is 0 Å². The van der Waals surface area contributed by atoms with Gasteiger partial charge in [0, 0.05) is 11.8 Å². The van der Waals surface area contributed by atoms with Crippen molar-refractivity contribution in [2.45, 2.75) is 6.42 Å². The summed E-state index contributed by atoms with van der Waals surface area (Å²) in [5.41, 5.74) is 3.46. The van der Waals surface area contributed by atoms with E-state index in [-0.39, 0.29) is 0 Å². The fourth-order valence-electron chi connectivity index (χ4n) is 2.59. The average Bonchev–Trinajstić information content (AvgIpc) is 2.77. The first-order valence-electron chi connectivity index (χ1n) is 5.93. The molecule has 1 aromatic heterocycles. The third-order valence-electron chi connectivity index (χ3n) is 3.43. The largest absolute Gasteiger partial charge is 0.288 e. The Kier molecular flexibility index (Phi) is 1.94. The van der Waals surface area contributed by atoms with E-state index in [0.29, 0.717) is 0 Å². The molecule has 0 unspecified atom stereocenters. The van der Waals surface area contributed by atoms with E-state index in [1.54, 1.807) is 0 Å². The molecule has 0 amide bonds. The second-order valence-electron chi connectivity index (χ2n) is 4.49. The van der Waals surface area contributed by atoms with Gasteiger partial charge in [0.25, 0.3) is 0 Å². The second kappa shape index (κ2) is 3.50. The molecular weight excluding hydrogens is 240 g/mol. The molecule has 1 aliphatic rings. The van der Waals surface area contributed by atoms with Crippen LogP contribution < -0.4 is 0 Å². The first kappa shape index (κ1) is 9.97. The van der Waals surface area contributed by atoms with Crippen molar-refractivity contribution in [2.75, 3.05) is 0 Å². The van der Waals surface area contributed by atoms with Crippen molar-refractivity contribution in [3.8, 4) is 5.69 Å². The fourth-order valence-corrected chi connectivity index (χ4v) is 2.97. The predicted molar refractivity (Wildman–Crippen MR) is 74.7 cm³/mol. The third kappa shape index (κ3) is 1.22. The van der Waals surface area contributed by atoms with Crippen molar-refractivity contribution in [2.24, 2.45) is 0 Å². The minimum atomic E-state index is 0.862. The van der Waals surface area contributed by atoms with Crippen LogP contribution in [-0.4, -0.2) is 9.55 Å². The summed E-state index contributed by atoms with van der Waals surface area (Å²) in [7, 11) is 0. The van der Waals surface area contributed by atoms with Gasteiger partial charge in [0.15, 0.2) is 0 Å². The number of aromatic nitrogens is 2. The normalized spacial score (nSPS) is 12.4. The van der Waals surface area contributed by atoms with Gasteiger partial charge in [-0.1, -0.05) is 42.5 Å². The van der Waals surface area contributed by atoms with Crippen LogP contribution in [0.3, 0.4) is 0 Å². The molecule has 0 bridgehead atoms. The Morgan fingerprint density at radius 2 is 1.78 bits per heavy atom. The van der Waals surface area contributed by atoms with E-state index in [4.69, 9.17) is 17.2 Å². The van der Waals surface area contributed by atoms with Crippen molar-refractivity contribution in [3.05, 3.63) is 64.6 Å². The summed E-state index contributed by atoms with van der Waals surface area (Å²) in [6, 6.07) is 16.4. The molecule has 0 saturated heterocycles. The molecule has 2 nitrogen and oxygen atoms in total. The van der Waals surface area contributed by atoms with Gasteiger partial charge in [-0.25, -0.2) is 4.98 Å². The standard InChI is InChI=1S/C15H10N2S/c18-15-11-6-2-3-7-12(11)16-14-9-10-5-1-4-8-13(10)17(14)15/h1-8H,9H2. The predicted octanol–water partition coefficient (Wildman–Crippen LogP) is 3.66. The average molecular weight is 250 g/mol. The van der Waals surface area contributed by atoms with Crippen LogP contribution in [0.15, 0.2) is 48.5 Å². The van der Waals surface area contributed by atoms with Crippen molar-refractivity contribution >= 4 is 23.1 Å². The lowest BCUT2D eigenvalue weighted by molar-refractivity contribution is 0.936. The van der Waals surface area contributed by atoms with Crippen LogP contribution in [0.25, 0.3) is 16.6 Å². The maximum atomic E-state index is 5.62. The van der Waals surface area contributed by atoms with E-state index < -0.39 is 0 Å². The number of fused-ring (bicyclic) bond motifs is 4. The zero-order valence-electron chi connectivity index (χ0n) is 9.63. The first-order valence-corrected chi connectivity index (χ1v) is 6.34. The second-order valence-corrected chi connectivity index (χ2v) is 4.88. The van der Waals surface area contributed by atoms with Crippen molar-refractivity contribution in [1.29, 1.82) is 0 Å². The molecule has 0 saturated carbocycles. The molecule has 0 atom stereocenters. The van der Waals surface area contributed by atoms with Crippen molar-refractivity contribution in [1.82, 2.24) is 9.55 Å². The highest BCUT2D eigenvalue weighted by Crippen LogP contribution is 2.29. The van der Waals surface area contributed by atoms with Crippen LogP contribution in [0.5, 0.6) is 0 Å². The number of hydrogen-bond acceptors (Lipinski definition) is 2. The van der Waals surface area contributed by atoms with Gasteiger partial charge in [0.2, 0.25) is 0 Å². The number of hydrogen-bond donors (Lipinski definition) is 0. The molecule has 1 aliphatic heterocycles. The van der Waals surface area contributed by atoms with E-state index in [9.17, 15) is 0 Å². The highest BCUT2D eigenvalue weighted by Gasteiger charge is 2.19. The quantitative estimate of drug-likeness (QED) is 0.443. The molecule has 0 fully saturated rings. The summed E-state index contributed by atoms with van der Waals surface area (Å²) in [5, 5.41) is 1.05. The highest BCUT2D eigenvalue weighted by atomic mass is 32.1. The van der Waals surface area contributed by atoms with Gasteiger partial charge >= 0.3 is 0 Å². The van der Waals surface area contributed by atoms with Gasteiger partial charge in [0.05, 0.1) is 11.2 Å². The van der Waals surface area contributed by atoms with Crippen LogP contribution in [-0.2, 0) is 6.42 Å². The molecule has 0 N–H and O–H groups in total. The van der Waals surface area contributed by atoms with Crippen molar-refractivity contribution in [3.63, 3.8) is 0 Å². The molecule has 2 heterocycles. The van der Waals surface area contributed by atoms with Gasteiger partial charge in [-0.15, -0.1) is 0 Å². The van der Waals surface area contributed by atoms with Gasteiger partial charge in [-0.05, 0) is 23.8 Å². The van der Waals surface area contributed by atoms with E-state index in [1.165, 1.54) is 11.3 Å². The van der Waals surface area contributed by atoms with Crippen molar-refractivity contribution < 1.29 is 0 Å². The molecule has 2 aromatic carbocycles. The van der Waals surface area contributed by atoms with Crippen LogP contribution >= 0.6 is 12.2 Å². The highest BCUT2D eigenvalue weighted by molar-refractivity contribution is 7.71. The number of nitrogens with zero attached hydrogens (tertiary/aromatic N) is 2. The SMILES string of the molecule is S=c1c2ccccc2nc2n1-c1ccccc1C2. The zero-order valence-corrected chi connectivity index (χ0v) is 10.4. The van der Waals surface area contributed by atoms with E-state index >= 15 is 0 Å². The lowest BCUT2D eigenvalue weighted by Crippen LogP contribution is -2.01. The van der Waals surface area contributed by atoms with E-state index in [1.807, 2.05) is 30.3 Å². The Hall–Kier alpha value is -2.00. The van der Waals surface area contributed by atoms with Crippen LogP contribution in [0, 0.1) is 4.64 Å². The topological polar surface area (TPSA) is 17.8 Å². The fraction of sp³-hybridized carbons (Fsp3) is 0.0667. The zero-order chi connectivity index (χ0) is 12.1. The molecule has 4 rings (SSSR count). The summed E-state index contributed by atoms with van der Waals surface area (Å²) in [5.74, 6) is 1.04. The Balaban J connectivity index is 2.18. The summed E-state index contributed by atoms with van der Waals surface area (Å²) in [6.07, 6.45) is 0.866. The molecular formula is C15H10N2S. The monoisotopic (exact) mass is 250 g/mol. The molecule has 0 aliphatic carbocycles. The summed E-state index contributed by atoms with van der Waals surface area (Å²) >= 11 is 5.62. The van der Waals surface area contributed by atoms with Gasteiger partial charge < -0.3 is 0 Å². The molecule has 3 heteroatoms. The molecule has 0 radical (unpaired) electrons.